The van der Waals surface area contributed by atoms with Gasteiger partial charge in [-0.15, -0.1) is 6.58 Å². The van der Waals surface area contributed by atoms with E-state index in [9.17, 15) is 0 Å². The lowest BCUT2D eigenvalue weighted by molar-refractivity contribution is 0.312. The van der Waals surface area contributed by atoms with Crippen LogP contribution in [0.3, 0.4) is 0 Å². The van der Waals surface area contributed by atoms with Crippen LogP contribution < -0.4 is 11.1 Å². The van der Waals surface area contributed by atoms with Crippen molar-refractivity contribution in [1.82, 2.24) is 10.3 Å². The Morgan fingerprint density at radius 1 is 1.57 bits per heavy atom. The average molecular weight is 198 g/mol. The molecular weight excluding hydrogens is 176 g/mol. The van der Waals surface area contributed by atoms with Crippen LogP contribution in [0.2, 0.25) is 0 Å². The first-order chi connectivity index (χ1) is 6.70. The van der Waals surface area contributed by atoms with Crippen molar-refractivity contribution >= 4 is 6.34 Å². The molecule has 0 aromatic heterocycles. The van der Waals surface area contributed by atoms with Gasteiger partial charge < -0.3 is 11.1 Å². The summed E-state index contributed by atoms with van der Waals surface area (Å²) in [6.07, 6.45) is 4.20. The molecule has 4 heteroatoms. The first-order valence-corrected chi connectivity index (χ1v) is 5.04. The predicted octanol–water partition coefficient (Wildman–Crippen LogP) is 0.765. The highest BCUT2D eigenvalue weighted by Gasteiger charge is 1.97. The first kappa shape index (κ1) is 13.0. The Balaban J connectivity index is 3.55. The third-order valence-electron chi connectivity index (χ3n) is 1.72. The minimum atomic E-state index is 0.542. The van der Waals surface area contributed by atoms with Crippen LogP contribution in [0.4, 0.5) is 0 Å². The molecule has 82 valence electrons. The highest BCUT2D eigenvalue weighted by Crippen LogP contribution is 1.91. The summed E-state index contributed by atoms with van der Waals surface area (Å²) in [6, 6.07) is 0.542. The first-order valence-electron chi connectivity index (χ1n) is 5.04. The molecule has 4 nitrogen and oxygen atoms in total. The Labute approximate surface area is 86.8 Å². The lowest BCUT2D eigenvalue weighted by Gasteiger charge is -2.17. The Hall–Kier alpha value is -1.03. The third-order valence-corrected chi connectivity index (χ3v) is 1.72. The van der Waals surface area contributed by atoms with Crippen LogP contribution in [0.1, 0.15) is 20.3 Å². The molecule has 0 aliphatic heterocycles. The second-order valence-corrected chi connectivity index (χ2v) is 3.43. The molecule has 0 bridgehead atoms. The standard InChI is InChI=1S/C10H22N4/c1-4-7-14(13-9-11)8-5-6-12-10(2)3/h4,9-10,12H,1,5-8H2,2-3H3,(H2,11,13). The van der Waals surface area contributed by atoms with Crippen molar-refractivity contribution < 1.29 is 0 Å². The zero-order chi connectivity index (χ0) is 10.8. The Bertz CT molecular complexity index is 166. The van der Waals surface area contributed by atoms with Gasteiger partial charge in [-0.25, -0.2) is 0 Å². The Morgan fingerprint density at radius 3 is 2.79 bits per heavy atom. The second-order valence-electron chi connectivity index (χ2n) is 3.43. The van der Waals surface area contributed by atoms with E-state index in [-0.39, 0.29) is 0 Å². The molecular formula is C10H22N4. The molecule has 0 unspecified atom stereocenters. The number of hydrogen-bond donors (Lipinski definition) is 2. The zero-order valence-electron chi connectivity index (χ0n) is 9.24. The lowest BCUT2D eigenvalue weighted by Crippen LogP contribution is -2.28. The smallest absolute Gasteiger partial charge is 0.106 e. The van der Waals surface area contributed by atoms with Crippen molar-refractivity contribution in [2.24, 2.45) is 10.8 Å². The Morgan fingerprint density at radius 2 is 2.29 bits per heavy atom. The molecule has 0 aliphatic rings. The number of nitrogens with zero attached hydrogens (tertiary/aromatic N) is 2. The van der Waals surface area contributed by atoms with E-state index < -0.39 is 0 Å². The van der Waals surface area contributed by atoms with Crippen molar-refractivity contribution in [2.45, 2.75) is 26.3 Å². The van der Waals surface area contributed by atoms with E-state index in [0.29, 0.717) is 6.04 Å². The van der Waals surface area contributed by atoms with Crippen molar-refractivity contribution in [1.29, 1.82) is 0 Å². The van der Waals surface area contributed by atoms with Gasteiger partial charge in [-0.1, -0.05) is 19.9 Å². The van der Waals surface area contributed by atoms with Gasteiger partial charge in [0.15, 0.2) is 0 Å². The summed E-state index contributed by atoms with van der Waals surface area (Å²) < 4.78 is 0. The highest BCUT2D eigenvalue weighted by molar-refractivity contribution is 5.50. The van der Waals surface area contributed by atoms with Crippen LogP contribution in [-0.2, 0) is 0 Å². The van der Waals surface area contributed by atoms with Crippen molar-refractivity contribution in [3.05, 3.63) is 12.7 Å². The van der Waals surface area contributed by atoms with E-state index >= 15 is 0 Å². The topological polar surface area (TPSA) is 53.6 Å². The van der Waals surface area contributed by atoms with Crippen molar-refractivity contribution in [3.8, 4) is 0 Å². The van der Waals surface area contributed by atoms with Crippen LogP contribution in [-0.4, -0.2) is 37.0 Å². The largest absolute Gasteiger partial charge is 0.388 e. The quantitative estimate of drug-likeness (QED) is 0.199. The van der Waals surface area contributed by atoms with Gasteiger partial charge in [-0.2, -0.15) is 5.10 Å². The molecule has 0 rings (SSSR count). The number of rotatable bonds is 8. The molecule has 0 atom stereocenters. The summed E-state index contributed by atoms with van der Waals surface area (Å²) in [7, 11) is 0. The van der Waals surface area contributed by atoms with E-state index in [1.54, 1.807) is 0 Å². The molecule has 0 aromatic carbocycles. The van der Waals surface area contributed by atoms with Gasteiger partial charge in [0.25, 0.3) is 0 Å². The number of nitrogens with two attached hydrogens (primary N) is 1. The average Bonchev–Trinajstić information content (AvgIpc) is 2.12. The maximum Gasteiger partial charge on any atom is 0.106 e. The van der Waals surface area contributed by atoms with E-state index in [1.165, 1.54) is 6.34 Å². The van der Waals surface area contributed by atoms with Gasteiger partial charge in [-0.3, -0.25) is 5.01 Å². The highest BCUT2D eigenvalue weighted by atomic mass is 15.4. The fourth-order valence-electron chi connectivity index (χ4n) is 1.09. The molecule has 14 heavy (non-hydrogen) atoms. The fraction of sp³-hybridized carbons (Fsp3) is 0.700. The van der Waals surface area contributed by atoms with Gasteiger partial charge >= 0.3 is 0 Å². The molecule has 0 heterocycles. The summed E-state index contributed by atoms with van der Waals surface area (Å²) in [5, 5.41) is 9.26. The van der Waals surface area contributed by atoms with Gasteiger partial charge in [0, 0.05) is 12.6 Å². The van der Waals surface area contributed by atoms with E-state index in [4.69, 9.17) is 5.73 Å². The van der Waals surface area contributed by atoms with Crippen molar-refractivity contribution in [3.63, 3.8) is 0 Å². The summed E-state index contributed by atoms with van der Waals surface area (Å²) in [5.74, 6) is 0. The van der Waals surface area contributed by atoms with E-state index in [1.807, 2.05) is 11.1 Å². The summed E-state index contributed by atoms with van der Waals surface area (Å²) in [4.78, 5) is 0. The Kier molecular flexibility index (Phi) is 7.93. The lowest BCUT2D eigenvalue weighted by atomic mass is 10.3. The van der Waals surface area contributed by atoms with Crippen LogP contribution in [0.15, 0.2) is 17.8 Å². The molecule has 0 saturated heterocycles. The maximum atomic E-state index is 5.23. The van der Waals surface area contributed by atoms with Crippen LogP contribution in [0, 0.1) is 0 Å². The van der Waals surface area contributed by atoms with Gasteiger partial charge in [0.05, 0.1) is 6.54 Å². The van der Waals surface area contributed by atoms with E-state index in [0.717, 1.165) is 26.1 Å². The summed E-state index contributed by atoms with van der Waals surface area (Å²) in [6.45, 7) is 10.6. The van der Waals surface area contributed by atoms with Gasteiger partial charge in [0.2, 0.25) is 0 Å². The third kappa shape index (κ3) is 7.61. The molecule has 0 aliphatic carbocycles. The van der Waals surface area contributed by atoms with Crippen LogP contribution >= 0.6 is 0 Å². The van der Waals surface area contributed by atoms with Crippen LogP contribution in [0.5, 0.6) is 0 Å². The predicted molar refractivity (Wildman–Crippen MR) is 62.2 cm³/mol. The number of hydrogen-bond acceptors (Lipinski definition) is 3. The molecule has 0 amide bonds. The molecule has 0 spiro atoms. The SMILES string of the molecule is C=CCN(CCCNC(C)C)/N=C\N. The molecule has 0 fully saturated rings. The van der Waals surface area contributed by atoms with E-state index in [2.05, 4.69) is 30.8 Å². The number of hydrazone groups is 1. The zero-order valence-corrected chi connectivity index (χ0v) is 9.24. The minimum absolute atomic E-state index is 0.542. The summed E-state index contributed by atoms with van der Waals surface area (Å²) >= 11 is 0. The van der Waals surface area contributed by atoms with Gasteiger partial charge in [0.1, 0.15) is 6.34 Å². The normalized spacial score (nSPS) is 11.1. The molecule has 0 aromatic rings. The second kappa shape index (κ2) is 8.56. The van der Waals surface area contributed by atoms with Crippen LogP contribution in [0.25, 0.3) is 0 Å². The molecule has 0 radical (unpaired) electrons. The monoisotopic (exact) mass is 198 g/mol. The fourth-order valence-corrected chi connectivity index (χ4v) is 1.09. The number of nitrogens with one attached hydrogen (secondary N) is 1. The minimum Gasteiger partial charge on any atom is -0.388 e. The molecule has 3 N–H and O–H groups in total. The van der Waals surface area contributed by atoms with Crippen molar-refractivity contribution in [2.75, 3.05) is 19.6 Å². The van der Waals surface area contributed by atoms with Gasteiger partial charge in [-0.05, 0) is 13.0 Å². The molecule has 0 saturated carbocycles. The summed E-state index contributed by atoms with van der Waals surface area (Å²) in [5.41, 5.74) is 5.23. The maximum absolute atomic E-state index is 5.23.